The van der Waals surface area contributed by atoms with Gasteiger partial charge in [0.05, 0.1) is 4.47 Å². The zero-order valence-electron chi connectivity index (χ0n) is 8.74. The summed E-state index contributed by atoms with van der Waals surface area (Å²) in [5.41, 5.74) is 0. The van der Waals surface area contributed by atoms with E-state index in [9.17, 15) is 9.18 Å². The summed E-state index contributed by atoms with van der Waals surface area (Å²) in [6, 6.07) is 4.17. The molecule has 0 radical (unpaired) electrons. The molecule has 1 heterocycles. The van der Waals surface area contributed by atoms with E-state index in [1.54, 1.807) is 18.0 Å². The standard InChI is InChI=1S/C11H11BrFNO2/c1-14-5-4-9(11(14)15)16-10-6-7(13)2-3-8(10)12/h2-3,6,9H,4-5H2,1H3. The Morgan fingerprint density at radius 1 is 1.56 bits per heavy atom. The van der Waals surface area contributed by atoms with Crippen LogP contribution in [0.15, 0.2) is 22.7 Å². The number of likely N-dealkylation sites (N-methyl/N-ethyl adjacent to an activating group) is 1. The van der Waals surface area contributed by atoms with Crippen LogP contribution >= 0.6 is 15.9 Å². The molecule has 86 valence electrons. The topological polar surface area (TPSA) is 29.5 Å². The lowest BCUT2D eigenvalue weighted by Gasteiger charge is -2.14. The monoisotopic (exact) mass is 287 g/mol. The summed E-state index contributed by atoms with van der Waals surface area (Å²) >= 11 is 3.26. The van der Waals surface area contributed by atoms with Crippen molar-refractivity contribution in [1.82, 2.24) is 4.90 Å². The lowest BCUT2D eigenvalue weighted by molar-refractivity contribution is -0.132. The summed E-state index contributed by atoms with van der Waals surface area (Å²) in [5, 5.41) is 0. The van der Waals surface area contributed by atoms with E-state index in [1.165, 1.54) is 12.1 Å². The number of hydrogen-bond acceptors (Lipinski definition) is 2. The van der Waals surface area contributed by atoms with Gasteiger partial charge in [-0.05, 0) is 28.1 Å². The minimum absolute atomic E-state index is 0.0591. The molecule has 0 bridgehead atoms. The van der Waals surface area contributed by atoms with Crippen molar-refractivity contribution in [1.29, 1.82) is 0 Å². The zero-order chi connectivity index (χ0) is 11.7. The molecular weight excluding hydrogens is 277 g/mol. The van der Waals surface area contributed by atoms with Crippen LogP contribution in [0.4, 0.5) is 4.39 Å². The maximum atomic E-state index is 13.0. The fourth-order valence-electron chi connectivity index (χ4n) is 1.62. The normalized spacial score (nSPS) is 20.3. The van der Waals surface area contributed by atoms with Gasteiger partial charge in [-0.3, -0.25) is 4.79 Å². The van der Waals surface area contributed by atoms with E-state index in [0.717, 1.165) is 0 Å². The first kappa shape index (κ1) is 11.4. The van der Waals surface area contributed by atoms with Crippen LogP contribution in [0, 0.1) is 5.82 Å². The number of likely N-dealkylation sites (tertiary alicyclic amines) is 1. The fourth-order valence-corrected chi connectivity index (χ4v) is 1.96. The predicted molar refractivity (Wildman–Crippen MR) is 60.8 cm³/mol. The molecule has 0 N–H and O–H groups in total. The van der Waals surface area contributed by atoms with E-state index in [2.05, 4.69) is 15.9 Å². The lowest BCUT2D eigenvalue weighted by Crippen LogP contribution is -2.29. The second-order valence-corrected chi connectivity index (χ2v) is 4.58. The van der Waals surface area contributed by atoms with Gasteiger partial charge in [0.25, 0.3) is 5.91 Å². The van der Waals surface area contributed by atoms with Crippen molar-refractivity contribution in [3.05, 3.63) is 28.5 Å². The number of benzene rings is 1. The Labute approximate surface area is 101 Å². The van der Waals surface area contributed by atoms with E-state index in [4.69, 9.17) is 4.74 Å². The third-order valence-corrected chi connectivity index (χ3v) is 3.20. The van der Waals surface area contributed by atoms with Gasteiger partial charge in [-0.2, -0.15) is 0 Å². The third-order valence-electron chi connectivity index (χ3n) is 2.54. The Morgan fingerprint density at radius 2 is 2.31 bits per heavy atom. The highest BCUT2D eigenvalue weighted by molar-refractivity contribution is 9.10. The second-order valence-electron chi connectivity index (χ2n) is 3.73. The van der Waals surface area contributed by atoms with Crippen molar-refractivity contribution >= 4 is 21.8 Å². The van der Waals surface area contributed by atoms with E-state index in [1.807, 2.05) is 0 Å². The Hall–Kier alpha value is -1.10. The van der Waals surface area contributed by atoms with E-state index in [0.29, 0.717) is 23.2 Å². The minimum atomic E-state index is -0.497. The molecule has 1 aliphatic rings. The Kier molecular flexibility index (Phi) is 3.14. The summed E-state index contributed by atoms with van der Waals surface area (Å²) < 4.78 is 19.1. The SMILES string of the molecule is CN1CCC(Oc2cc(F)ccc2Br)C1=O. The molecule has 1 aromatic carbocycles. The van der Waals surface area contributed by atoms with Crippen molar-refractivity contribution in [3.8, 4) is 5.75 Å². The first-order valence-corrected chi connectivity index (χ1v) is 5.74. The molecule has 3 nitrogen and oxygen atoms in total. The molecule has 2 rings (SSSR count). The number of amides is 1. The predicted octanol–water partition coefficient (Wildman–Crippen LogP) is 2.20. The van der Waals surface area contributed by atoms with Gasteiger partial charge in [-0.25, -0.2) is 4.39 Å². The maximum Gasteiger partial charge on any atom is 0.263 e. The Morgan fingerprint density at radius 3 is 2.94 bits per heavy atom. The highest BCUT2D eigenvalue weighted by Crippen LogP contribution is 2.28. The van der Waals surface area contributed by atoms with Gasteiger partial charge in [0.2, 0.25) is 0 Å². The van der Waals surface area contributed by atoms with Gasteiger partial charge in [0.1, 0.15) is 11.6 Å². The highest BCUT2D eigenvalue weighted by atomic mass is 79.9. The van der Waals surface area contributed by atoms with Gasteiger partial charge < -0.3 is 9.64 Å². The molecule has 0 aliphatic carbocycles. The molecule has 1 aromatic rings. The summed E-state index contributed by atoms with van der Waals surface area (Å²) in [6.45, 7) is 0.677. The van der Waals surface area contributed by atoms with E-state index < -0.39 is 6.10 Å². The van der Waals surface area contributed by atoms with Gasteiger partial charge >= 0.3 is 0 Å². The Bertz CT molecular complexity index is 424. The first-order chi connectivity index (χ1) is 7.58. The number of rotatable bonds is 2. The molecule has 1 saturated heterocycles. The largest absolute Gasteiger partial charge is 0.479 e. The van der Waals surface area contributed by atoms with Crippen LogP contribution in [0.5, 0.6) is 5.75 Å². The molecule has 0 saturated carbocycles. The molecule has 1 unspecified atom stereocenters. The quantitative estimate of drug-likeness (QED) is 0.835. The molecule has 1 fully saturated rings. The molecule has 5 heteroatoms. The summed E-state index contributed by atoms with van der Waals surface area (Å²) in [5.74, 6) is -0.0678. The third kappa shape index (κ3) is 2.19. The van der Waals surface area contributed by atoms with Crippen LogP contribution in [-0.4, -0.2) is 30.5 Å². The number of carbonyl (C=O) groups excluding carboxylic acids is 1. The van der Waals surface area contributed by atoms with Crippen LogP contribution in [-0.2, 0) is 4.79 Å². The summed E-state index contributed by atoms with van der Waals surface area (Å²) in [6.07, 6.45) is 0.140. The Balaban J connectivity index is 2.15. The van der Waals surface area contributed by atoms with Crippen LogP contribution in [0.1, 0.15) is 6.42 Å². The average Bonchev–Trinajstić information content (AvgIpc) is 2.55. The minimum Gasteiger partial charge on any atom is -0.479 e. The van der Waals surface area contributed by atoms with Gasteiger partial charge in [0, 0.05) is 26.1 Å². The molecule has 16 heavy (non-hydrogen) atoms. The molecule has 1 atom stereocenters. The molecule has 0 spiro atoms. The van der Waals surface area contributed by atoms with E-state index >= 15 is 0 Å². The average molecular weight is 288 g/mol. The summed E-state index contributed by atoms with van der Waals surface area (Å²) in [7, 11) is 1.73. The van der Waals surface area contributed by atoms with Crippen molar-refractivity contribution in [2.24, 2.45) is 0 Å². The number of hydrogen-bond donors (Lipinski definition) is 0. The number of carbonyl (C=O) groups is 1. The summed E-state index contributed by atoms with van der Waals surface area (Å²) in [4.78, 5) is 13.2. The molecule has 0 aromatic heterocycles. The molecule has 1 amide bonds. The number of ether oxygens (including phenoxy) is 1. The second kappa shape index (κ2) is 4.41. The van der Waals surface area contributed by atoms with Crippen LogP contribution < -0.4 is 4.74 Å². The lowest BCUT2D eigenvalue weighted by atomic mass is 10.3. The molecular formula is C11H11BrFNO2. The van der Waals surface area contributed by atoms with E-state index in [-0.39, 0.29) is 11.7 Å². The highest BCUT2D eigenvalue weighted by Gasteiger charge is 2.31. The van der Waals surface area contributed by atoms with Crippen molar-refractivity contribution in [3.63, 3.8) is 0 Å². The molecule has 1 aliphatic heterocycles. The van der Waals surface area contributed by atoms with Crippen LogP contribution in [0.25, 0.3) is 0 Å². The first-order valence-electron chi connectivity index (χ1n) is 4.94. The van der Waals surface area contributed by atoms with Crippen LogP contribution in [0.3, 0.4) is 0 Å². The maximum absolute atomic E-state index is 13.0. The van der Waals surface area contributed by atoms with Crippen molar-refractivity contribution in [2.45, 2.75) is 12.5 Å². The van der Waals surface area contributed by atoms with Crippen molar-refractivity contribution < 1.29 is 13.9 Å². The van der Waals surface area contributed by atoms with Crippen molar-refractivity contribution in [2.75, 3.05) is 13.6 Å². The van der Waals surface area contributed by atoms with Gasteiger partial charge in [-0.15, -0.1) is 0 Å². The van der Waals surface area contributed by atoms with Gasteiger partial charge in [-0.1, -0.05) is 0 Å². The number of halogens is 2. The van der Waals surface area contributed by atoms with Gasteiger partial charge in [0.15, 0.2) is 6.10 Å². The smallest absolute Gasteiger partial charge is 0.263 e. The van der Waals surface area contributed by atoms with Crippen LogP contribution in [0.2, 0.25) is 0 Å². The fraction of sp³-hybridized carbons (Fsp3) is 0.364. The zero-order valence-corrected chi connectivity index (χ0v) is 10.3. The number of nitrogens with zero attached hydrogens (tertiary/aromatic N) is 1.